The number of amides is 1. The van der Waals surface area contributed by atoms with E-state index in [0.29, 0.717) is 24.3 Å². The smallest absolute Gasteiger partial charge is 0.254 e. The van der Waals surface area contributed by atoms with Crippen molar-refractivity contribution in [3.8, 4) is 5.75 Å². The van der Waals surface area contributed by atoms with Crippen LogP contribution in [-0.2, 0) is 27.3 Å². The van der Waals surface area contributed by atoms with Gasteiger partial charge in [0.2, 0.25) is 5.78 Å². The number of Topliss-reactive ketones (excluding diaryl/α,β-unsaturated/α-hetero) is 1. The Labute approximate surface area is 264 Å². The highest BCUT2D eigenvalue weighted by atomic mass is 16.5. The number of nitrogens with one attached hydrogen (secondary N) is 2. The first-order valence-electron chi connectivity index (χ1n) is 15.9. The molecule has 2 bridgehead atoms. The molecule has 4 fully saturated rings. The molecule has 11 nitrogen and oxygen atoms in total. The molecule has 45 heavy (non-hydrogen) atoms. The number of carbonyl (C=O) groups excluding carboxylic acids is 2. The van der Waals surface area contributed by atoms with Gasteiger partial charge in [-0.3, -0.25) is 14.5 Å². The number of ketones is 1. The molecule has 1 amide bonds. The number of benzene rings is 1. The van der Waals surface area contributed by atoms with Crippen LogP contribution in [0.15, 0.2) is 23.0 Å². The van der Waals surface area contributed by atoms with Gasteiger partial charge in [0.1, 0.15) is 22.8 Å². The monoisotopic (exact) mass is 621 g/mol. The number of hydrogen-bond acceptors (Lipinski definition) is 10. The van der Waals surface area contributed by atoms with Crippen LogP contribution in [-0.4, -0.2) is 91.1 Å². The van der Waals surface area contributed by atoms with Crippen molar-refractivity contribution in [2.45, 2.75) is 57.7 Å². The number of ether oxygens (including phenoxy) is 1. The molecule has 0 aliphatic heterocycles. The molecule has 6 aliphatic carbocycles. The fraction of sp³-hybridized carbons (Fsp3) is 0.618. The van der Waals surface area contributed by atoms with E-state index in [-0.39, 0.29) is 34.8 Å². The number of aromatic hydroxyl groups is 1. The van der Waals surface area contributed by atoms with Crippen LogP contribution in [0.5, 0.6) is 5.75 Å². The fourth-order valence-corrected chi connectivity index (χ4v) is 9.84. The summed E-state index contributed by atoms with van der Waals surface area (Å²) in [4.78, 5) is 30.6. The van der Waals surface area contributed by atoms with E-state index in [4.69, 9.17) is 15.9 Å². The van der Waals surface area contributed by atoms with Crippen LogP contribution in [0.4, 0.5) is 5.69 Å². The van der Waals surface area contributed by atoms with Crippen LogP contribution in [0.25, 0.3) is 5.76 Å². The summed E-state index contributed by atoms with van der Waals surface area (Å²) in [6.07, 6.45) is 3.19. The first-order chi connectivity index (χ1) is 21.1. The highest BCUT2D eigenvalue weighted by molar-refractivity contribution is 6.34. The summed E-state index contributed by atoms with van der Waals surface area (Å²) >= 11 is 0. The quantitative estimate of drug-likeness (QED) is 0.255. The molecule has 7 N–H and O–H groups in total. The summed E-state index contributed by atoms with van der Waals surface area (Å²) < 4.78 is 5.84. The first kappa shape index (κ1) is 31.6. The molecule has 0 radical (unpaired) electrons. The number of aliphatic hydroxyl groups is 2. The third-order valence-corrected chi connectivity index (χ3v) is 12.0. The van der Waals surface area contributed by atoms with Crippen molar-refractivity contribution < 1.29 is 29.6 Å². The molecule has 7 rings (SSSR count). The molecular formula is C34H47N5O6. The zero-order chi connectivity index (χ0) is 32.9. The number of primary amides is 1. The maximum atomic E-state index is 14.5. The van der Waals surface area contributed by atoms with E-state index in [2.05, 4.69) is 19.2 Å². The Bertz CT molecular complexity index is 1560. The Morgan fingerprint density at radius 2 is 1.82 bits per heavy atom. The van der Waals surface area contributed by atoms with E-state index in [1.165, 1.54) is 20.0 Å². The number of anilines is 1. The predicted octanol–water partition coefficient (Wildman–Crippen LogP) is 2.91. The molecule has 1 aromatic rings. The van der Waals surface area contributed by atoms with Gasteiger partial charge in [-0.2, -0.15) is 0 Å². The number of aliphatic hydroxyl groups excluding tert-OH is 2. The second kappa shape index (κ2) is 10.6. The number of phenolic OH excluding ortho intramolecular Hbond substituents is 1. The van der Waals surface area contributed by atoms with Gasteiger partial charge in [0.25, 0.3) is 5.91 Å². The van der Waals surface area contributed by atoms with E-state index in [1.54, 1.807) is 25.1 Å². The van der Waals surface area contributed by atoms with Gasteiger partial charge in [-0.1, -0.05) is 13.8 Å². The maximum absolute atomic E-state index is 14.5. The Morgan fingerprint density at radius 1 is 1.13 bits per heavy atom. The molecule has 0 aromatic heterocycles. The van der Waals surface area contributed by atoms with Gasteiger partial charge >= 0.3 is 0 Å². The molecule has 244 valence electrons. The lowest BCUT2D eigenvalue weighted by molar-refractivity contribution is -0.143. The second-order valence-corrected chi connectivity index (χ2v) is 14.8. The Hall–Kier alpha value is -3.41. The molecule has 0 heterocycles. The topological polar surface area (TPSA) is 172 Å². The van der Waals surface area contributed by atoms with Crippen molar-refractivity contribution in [2.24, 2.45) is 40.7 Å². The number of nitrogens with zero attached hydrogens (tertiary/aromatic N) is 2. The normalized spacial score (nSPS) is 33.2. The number of likely N-dealkylation sites (N-methyl/N-ethyl adjacent to an activating group) is 1. The van der Waals surface area contributed by atoms with Gasteiger partial charge in [-0.25, -0.2) is 0 Å². The van der Waals surface area contributed by atoms with Crippen molar-refractivity contribution in [1.82, 2.24) is 10.2 Å². The summed E-state index contributed by atoms with van der Waals surface area (Å²) in [6, 6.07) is 0.829. The molecule has 0 spiro atoms. The number of rotatable bonds is 8. The molecule has 6 aliphatic rings. The number of phenols is 1. The molecule has 0 saturated heterocycles. The summed E-state index contributed by atoms with van der Waals surface area (Å²) in [6.45, 7) is 6.21. The minimum absolute atomic E-state index is 0.0572. The average Bonchev–Trinajstić information content (AvgIpc) is 3.49. The molecule has 4 saturated carbocycles. The summed E-state index contributed by atoms with van der Waals surface area (Å²) in [5, 5.41) is 46.9. The minimum atomic E-state index is -1.96. The lowest BCUT2D eigenvalue weighted by Crippen LogP contribution is -2.67. The van der Waals surface area contributed by atoms with E-state index in [1.807, 2.05) is 19.0 Å². The van der Waals surface area contributed by atoms with Crippen LogP contribution in [0, 0.1) is 40.4 Å². The SMILES string of the molecule is CO[C@@]12C(=N)C(C(N)=O)=C(O)[C@@H](N(C)C)[C@@H]1C[C@@H]1Cc3c(c(O)cc(CNC[C@H]4CC5CC4C5(C)C)c3N(C)C)C(O)=C1C2=O. The van der Waals surface area contributed by atoms with Gasteiger partial charge in [0, 0.05) is 44.9 Å². The van der Waals surface area contributed by atoms with Gasteiger partial charge in [0.05, 0.1) is 17.3 Å². The number of hydrogen-bond donors (Lipinski definition) is 6. The number of nitrogens with two attached hydrogens (primary N) is 1. The summed E-state index contributed by atoms with van der Waals surface area (Å²) in [7, 11) is 8.59. The van der Waals surface area contributed by atoms with Gasteiger partial charge < -0.3 is 41.4 Å². The molecule has 11 heteroatoms. The third-order valence-electron chi connectivity index (χ3n) is 12.0. The number of fused-ring (bicyclic) bond motifs is 4. The summed E-state index contributed by atoms with van der Waals surface area (Å²) in [5.41, 5.74) is 5.87. The minimum Gasteiger partial charge on any atom is -0.510 e. The highest BCUT2D eigenvalue weighted by Crippen LogP contribution is 2.64. The van der Waals surface area contributed by atoms with Crippen LogP contribution < -0.4 is 16.0 Å². The molecule has 2 unspecified atom stereocenters. The van der Waals surface area contributed by atoms with Crippen molar-refractivity contribution in [3.05, 3.63) is 39.7 Å². The highest BCUT2D eigenvalue weighted by Gasteiger charge is 2.64. The molecule has 1 aromatic carbocycles. The van der Waals surface area contributed by atoms with E-state index < -0.39 is 46.5 Å². The molecule has 7 atom stereocenters. The van der Waals surface area contributed by atoms with Crippen molar-refractivity contribution in [3.63, 3.8) is 0 Å². The number of methoxy groups -OCH3 is 1. The van der Waals surface area contributed by atoms with E-state index in [0.717, 1.165) is 35.2 Å². The fourth-order valence-electron chi connectivity index (χ4n) is 9.84. The first-order valence-corrected chi connectivity index (χ1v) is 15.9. The van der Waals surface area contributed by atoms with E-state index >= 15 is 0 Å². The Morgan fingerprint density at radius 3 is 2.36 bits per heavy atom. The second-order valence-electron chi connectivity index (χ2n) is 14.8. The zero-order valence-corrected chi connectivity index (χ0v) is 27.3. The van der Waals surface area contributed by atoms with Gasteiger partial charge in [0.15, 0.2) is 5.60 Å². The van der Waals surface area contributed by atoms with Crippen molar-refractivity contribution in [2.75, 3.05) is 46.7 Å². The Balaban J connectivity index is 1.40. The van der Waals surface area contributed by atoms with Crippen LogP contribution >= 0.6 is 0 Å². The zero-order valence-electron chi connectivity index (χ0n) is 27.3. The lowest BCUT2D eigenvalue weighted by atomic mass is 9.56. The standard InChI is InChI=1S/C34H47N5O6/c1-33(2)18-8-16(20(33)12-18)13-37-14-17-11-22(40)24-19(26(17)38(3)4)9-15-10-21-27(39(5)6)29(42)25(32(36)44)30(35)34(21,45-7)31(43)23(15)28(24)41/h11,15-16,18,20-21,27,35,37,40-42H,8-10,12-14H2,1-7H3,(H2,36,44)/t15-,16+,18?,20?,21-,27-,34+/m0/s1. The van der Waals surface area contributed by atoms with Crippen LogP contribution in [0.1, 0.15) is 49.8 Å². The van der Waals surface area contributed by atoms with Crippen LogP contribution in [0.3, 0.4) is 0 Å². The van der Waals surface area contributed by atoms with E-state index in [9.17, 15) is 24.9 Å². The Kier molecular flexibility index (Phi) is 7.41. The van der Waals surface area contributed by atoms with Gasteiger partial charge in [-0.05, 0) is 92.6 Å². The maximum Gasteiger partial charge on any atom is 0.254 e. The predicted molar refractivity (Wildman–Crippen MR) is 171 cm³/mol. The number of carbonyl (C=O) groups is 2. The molecular weight excluding hydrogens is 574 g/mol. The van der Waals surface area contributed by atoms with Crippen molar-refractivity contribution in [1.29, 1.82) is 5.41 Å². The lowest BCUT2D eigenvalue weighted by Gasteiger charge is -2.53. The average molecular weight is 622 g/mol. The van der Waals surface area contributed by atoms with Gasteiger partial charge in [-0.15, -0.1) is 0 Å². The van der Waals surface area contributed by atoms with Crippen LogP contribution in [0.2, 0.25) is 0 Å². The van der Waals surface area contributed by atoms with Crippen molar-refractivity contribution >= 4 is 28.8 Å². The largest absolute Gasteiger partial charge is 0.510 e. The third kappa shape index (κ3) is 4.23. The summed E-state index contributed by atoms with van der Waals surface area (Å²) in [5.74, 6) is -1.57.